The van der Waals surface area contributed by atoms with Gasteiger partial charge in [0, 0.05) is 41.9 Å². The second-order valence-corrected chi connectivity index (χ2v) is 8.62. The van der Waals surface area contributed by atoms with Gasteiger partial charge in [0.2, 0.25) is 0 Å². The van der Waals surface area contributed by atoms with E-state index in [0.29, 0.717) is 11.6 Å². The summed E-state index contributed by atoms with van der Waals surface area (Å²) in [6.07, 6.45) is 7.26. The van der Waals surface area contributed by atoms with Crippen molar-refractivity contribution in [1.29, 1.82) is 0 Å². The fraction of sp³-hybridized carbons (Fsp3) is 0.320. The summed E-state index contributed by atoms with van der Waals surface area (Å²) < 4.78 is 1.85. The van der Waals surface area contributed by atoms with Gasteiger partial charge in [-0.1, -0.05) is 23.7 Å². The van der Waals surface area contributed by atoms with Gasteiger partial charge in [-0.05, 0) is 68.3 Å². The van der Waals surface area contributed by atoms with E-state index in [1.165, 1.54) is 5.56 Å². The van der Waals surface area contributed by atoms with Crippen LogP contribution in [0.25, 0.3) is 16.6 Å². The zero-order chi connectivity index (χ0) is 23.0. The van der Waals surface area contributed by atoms with Gasteiger partial charge in [-0.3, -0.25) is 4.90 Å². The molecule has 0 aliphatic carbocycles. The van der Waals surface area contributed by atoms with Crippen LogP contribution < -0.4 is 5.32 Å². The summed E-state index contributed by atoms with van der Waals surface area (Å²) in [5.41, 5.74) is 3.09. The zero-order valence-corrected chi connectivity index (χ0v) is 19.5. The SMILES string of the molecule is CC(CCCN(CCO)Cc1ccc(-n2cccn2)cc1)Nc1ncnc2cc(Cl)ccc12. The van der Waals surface area contributed by atoms with E-state index >= 15 is 0 Å². The van der Waals surface area contributed by atoms with Gasteiger partial charge in [0.05, 0.1) is 17.8 Å². The molecule has 8 heteroatoms. The molecule has 0 saturated heterocycles. The number of nitrogens with zero attached hydrogens (tertiary/aromatic N) is 5. The van der Waals surface area contributed by atoms with E-state index in [9.17, 15) is 5.11 Å². The molecule has 0 radical (unpaired) electrons. The van der Waals surface area contributed by atoms with Gasteiger partial charge < -0.3 is 10.4 Å². The summed E-state index contributed by atoms with van der Waals surface area (Å²) in [7, 11) is 0. The molecular weight excluding hydrogens is 436 g/mol. The van der Waals surface area contributed by atoms with E-state index in [-0.39, 0.29) is 12.6 Å². The Labute approximate surface area is 199 Å². The van der Waals surface area contributed by atoms with Crippen molar-refractivity contribution in [3.05, 3.63) is 77.8 Å². The van der Waals surface area contributed by atoms with E-state index < -0.39 is 0 Å². The fourth-order valence-corrected chi connectivity index (χ4v) is 4.08. The molecule has 2 aromatic heterocycles. The van der Waals surface area contributed by atoms with Crippen LogP contribution in [0.3, 0.4) is 0 Å². The molecule has 0 aliphatic heterocycles. The number of aromatic nitrogens is 4. The molecule has 7 nitrogen and oxygen atoms in total. The van der Waals surface area contributed by atoms with Crippen LogP contribution in [0.5, 0.6) is 0 Å². The number of benzene rings is 2. The Balaban J connectivity index is 1.29. The molecule has 0 spiro atoms. The van der Waals surface area contributed by atoms with Crippen molar-refractivity contribution >= 4 is 28.3 Å². The first-order valence-electron chi connectivity index (χ1n) is 11.2. The summed E-state index contributed by atoms with van der Waals surface area (Å²) in [5, 5.41) is 18.9. The number of hydrogen-bond donors (Lipinski definition) is 2. The molecule has 0 saturated carbocycles. The van der Waals surface area contributed by atoms with E-state index in [1.807, 2.05) is 35.1 Å². The van der Waals surface area contributed by atoms with Crippen molar-refractivity contribution < 1.29 is 5.11 Å². The molecule has 4 aromatic rings. The average Bonchev–Trinajstić information content (AvgIpc) is 3.35. The first kappa shape index (κ1) is 23.2. The molecule has 0 aliphatic rings. The van der Waals surface area contributed by atoms with Crippen LogP contribution >= 0.6 is 11.6 Å². The maximum Gasteiger partial charge on any atom is 0.137 e. The number of halogens is 1. The smallest absolute Gasteiger partial charge is 0.137 e. The largest absolute Gasteiger partial charge is 0.395 e. The van der Waals surface area contributed by atoms with Crippen molar-refractivity contribution in [3.8, 4) is 5.69 Å². The Kier molecular flexibility index (Phi) is 7.88. The number of aliphatic hydroxyl groups excluding tert-OH is 1. The predicted octanol–water partition coefficient (Wildman–Crippen LogP) is 4.54. The van der Waals surface area contributed by atoms with Crippen molar-refractivity contribution in [2.24, 2.45) is 0 Å². The van der Waals surface area contributed by atoms with Crippen LogP contribution in [0.4, 0.5) is 5.82 Å². The number of nitrogens with one attached hydrogen (secondary N) is 1. The fourth-order valence-electron chi connectivity index (χ4n) is 3.92. The Morgan fingerprint density at radius 3 is 2.73 bits per heavy atom. The Morgan fingerprint density at radius 1 is 1.12 bits per heavy atom. The molecule has 1 unspecified atom stereocenters. The van der Waals surface area contributed by atoms with Crippen molar-refractivity contribution in [2.45, 2.75) is 32.4 Å². The van der Waals surface area contributed by atoms with E-state index in [2.05, 4.69) is 56.5 Å². The summed E-state index contributed by atoms with van der Waals surface area (Å²) in [6, 6.07) is 16.2. The molecule has 0 amide bonds. The van der Waals surface area contributed by atoms with E-state index in [4.69, 9.17) is 11.6 Å². The van der Waals surface area contributed by atoms with Crippen LogP contribution in [0.2, 0.25) is 5.02 Å². The number of aliphatic hydroxyl groups is 1. The lowest BCUT2D eigenvalue weighted by Gasteiger charge is -2.23. The normalized spacial score (nSPS) is 12.4. The lowest BCUT2D eigenvalue weighted by atomic mass is 10.1. The molecule has 1 atom stereocenters. The highest BCUT2D eigenvalue weighted by Crippen LogP contribution is 2.23. The third-order valence-corrected chi connectivity index (χ3v) is 5.86. The summed E-state index contributed by atoms with van der Waals surface area (Å²) in [4.78, 5) is 11.0. The van der Waals surface area contributed by atoms with Crippen molar-refractivity contribution in [2.75, 3.05) is 25.0 Å². The lowest BCUT2D eigenvalue weighted by Crippen LogP contribution is -2.28. The Hall–Kier alpha value is -3.00. The van der Waals surface area contributed by atoms with E-state index in [1.54, 1.807) is 12.5 Å². The predicted molar refractivity (Wildman–Crippen MR) is 133 cm³/mol. The minimum atomic E-state index is 0.147. The minimum absolute atomic E-state index is 0.147. The van der Waals surface area contributed by atoms with Gasteiger partial charge in [-0.15, -0.1) is 0 Å². The third-order valence-electron chi connectivity index (χ3n) is 5.62. The molecule has 0 fully saturated rings. The molecule has 0 bridgehead atoms. The molecule has 33 heavy (non-hydrogen) atoms. The van der Waals surface area contributed by atoms with Gasteiger partial charge in [-0.2, -0.15) is 5.10 Å². The summed E-state index contributed by atoms with van der Waals surface area (Å²) >= 11 is 6.08. The number of fused-ring (bicyclic) bond motifs is 1. The number of anilines is 1. The van der Waals surface area contributed by atoms with Gasteiger partial charge in [0.25, 0.3) is 0 Å². The van der Waals surface area contributed by atoms with E-state index in [0.717, 1.165) is 48.3 Å². The molecule has 2 heterocycles. The van der Waals surface area contributed by atoms with Crippen LogP contribution in [-0.4, -0.2) is 55.5 Å². The second-order valence-electron chi connectivity index (χ2n) is 8.19. The van der Waals surface area contributed by atoms with Gasteiger partial charge in [-0.25, -0.2) is 14.6 Å². The standard InChI is InChI=1S/C25H29ClN6O/c1-19(30-25-23-10-7-21(26)16-24(23)27-18-28-25)4-2-12-31(14-15-33)17-20-5-8-22(9-6-20)32-13-3-11-29-32/h3,5-11,13,16,18-19,33H,2,4,12,14-15,17H2,1H3,(H,27,28,30). The van der Waals surface area contributed by atoms with Crippen LogP contribution in [0, 0.1) is 0 Å². The third kappa shape index (κ3) is 6.28. The van der Waals surface area contributed by atoms with Gasteiger partial charge >= 0.3 is 0 Å². The molecule has 172 valence electrons. The average molecular weight is 465 g/mol. The molecule has 4 rings (SSSR count). The minimum Gasteiger partial charge on any atom is -0.395 e. The monoisotopic (exact) mass is 464 g/mol. The maximum atomic E-state index is 9.52. The number of hydrogen-bond acceptors (Lipinski definition) is 6. The highest BCUT2D eigenvalue weighted by atomic mass is 35.5. The quantitative estimate of drug-likeness (QED) is 0.339. The Morgan fingerprint density at radius 2 is 1.97 bits per heavy atom. The van der Waals surface area contributed by atoms with Crippen molar-refractivity contribution in [1.82, 2.24) is 24.6 Å². The van der Waals surface area contributed by atoms with Crippen LogP contribution in [0.15, 0.2) is 67.3 Å². The van der Waals surface area contributed by atoms with Gasteiger partial charge in [0.15, 0.2) is 0 Å². The molecule has 2 aromatic carbocycles. The first-order valence-corrected chi connectivity index (χ1v) is 11.6. The van der Waals surface area contributed by atoms with Crippen LogP contribution in [0.1, 0.15) is 25.3 Å². The van der Waals surface area contributed by atoms with Crippen molar-refractivity contribution in [3.63, 3.8) is 0 Å². The maximum absolute atomic E-state index is 9.52. The topological polar surface area (TPSA) is 79.1 Å². The zero-order valence-electron chi connectivity index (χ0n) is 18.7. The molecular formula is C25H29ClN6O. The highest BCUT2D eigenvalue weighted by Gasteiger charge is 2.10. The van der Waals surface area contributed by atoms with Crippen LogP contribution in [-0.2, 0) is 6.54 Å². The summed E-state index contributed by atoms with van der Waals surface area (Å²) in [6.45, 7) is 4.68. The first-order chi connectivity index (χ1) is 16.1. The summed E-state index contributed by atoms with van der Waals surface area (Å²) in [5.74, 6) is 0.827. The number of rotatable bonds is 11. The molecule has 2 N–H and O–H groups in total. The van der Waals surface area contributed by atoms with Gasteiger partial charge in [0.1, 0.15) is 12.1 Å². The second kappa shape index (κ2) is 11.2. The highest BCUT2D eigenvalue weighted by molar-refractivity contribution is 6.31. The lowest BCUT2D eigenvalue weighted by molar-refractivity contribution is 0.187. The Bertz CT molecular complexity index is 1150.